The van der Waals surface area contributed by atoms with E-state index >= 15 is 0 Å². The normalized spacial score (nSPS) is 14.3. The number of nitrogens with one attached hydrogen (secondary N) is 2. The average molecular weight is 614 g/mol. The van der Waals surface area contributed by atoms with Crippen LogP contribution in [-0.4, -0.2) is 41.0 Å². The third kappa shape index (κ3) is 9.41. The van der Waals surface area contributed by atoms with Gasteiger partial charge in [0.2, 0.25) is 11.8 Å². The highest BCUT2D eigenvalue weighted by molar-refractivity contribution is 6.01. The van der Waals surface area contributed by atoms with Crippen LogP contribution in [0.2, 0.25) is 0 Å². The first-order valence-electron chi connectivity index (χ1n) is 15.6. The molecule has 0 heterocycles. The Balaban J connectivity index is 0.00000576. The molecule has 6 N–H and O–H groups in total. The number of amidine groups is 1. The fraction of sp³-hybridized carbons (Fsp3) is 0.389. The van der Waals surface area contributed by atoms with Crippen LogP contribution in [-0.2, 0) is 21.5 Å². The molecule has 1 aliphatic carbocycles. The molecular formula is C36H47N5O4. The van der Waals surface area contributed by atoms with E-state index in [1.54, 1.807) is 29.2 Å². The van der Waals surface area contributed by atoms with Crippen molar-refractivity contribution in [1.82, 2.24) is 10.2 Å². The second-order valence-corrected chi connectivity index (χ2v) is 12.9. The molecule has 0 bridgehead atoms. The topological polar surface area (TPSA) is 152 Å². The van der Waals surface area contributed by atoms with Gasteiger partial charge in [0.1, 0.15) is 23.4 Å². The summed E-state index contributed by atoms with van der Waals surface area (Å²) in [5, 5.41) is 10.5. The highest BCUT2D eigenvalue weighted by atomic mass is 16.5. The number of benzene rings is 3. The Morgan fingerprint density at radius 1 is 0.933 bits per heavy atom. The number of amides is 3. The summed E-state index contributed by atoms with van der Waals surface area (Å²) in [4.78, 5) is 41.1. The number of rotatable bonds is 12. The van der Waals surface area contributed by atoms with Crippen LogP contribution in [0.4, 0.5) is 0 Å². The van der Waals surface area contributed by atoms with E-state index in [9.17, 15) is 14.4 Å². The second kappa shape index (κ2) is 14.9. The van der Waals surface area contributed by atoms with Gasteiger partial charge in [-0.15, -0.1) is 0 Å². The molecule has 3 aromatic rings. The van der Waals surface area contributed by atoms with E-state index in [1.165, 1.54) is 5.56 Å². The van der Waals surface area contributed by atoms with E-state index < -0.39 is 17.9 Å². The lowest BCUT2D eigenvalue weighted by Crippen LogP contribution is -2.51. The van der Waals surface area contributed by atoms with Crippen molar-refractivity contribution in [3.05, 3.63) is 95.1 Å². The van der Waals surface area contributed by atoms with Crippen LogP contribution < -0.4 is 21.5 Å². The Morgan fingerprint density at radius 2 is 1.60 bits per heavy atom. The highest BCUT2D eigenvalue weighted by Gasteiger charge is 2.33. The molecule has 1 saturated carbocycles. The second-order valence-electron chi connectivity index (χ2n) is 12.9. The maximum atomic E-state index is 14.3. The minimum atomic E-state index is -0.851. The van der Waals surface area contributed by atoms with E-state index in [-0.39, 0.29) is 37.6 Å². The summed E-state index contributed by atoms with van der Waals surface area (Å²) in [6.45, 7) is 6.27. The number of nitrogen functional groups attached to an aromatic ring is 1. The number of hydrogen-bond acceptors (Lipinski definition) is 5. The fourth-order valence-corrected chi connectivity index (χ4v) is 5.78. The van der Waals surface area contributed by atoms with E-state index in [0.29, 0.717) is 29.0 Å². The fourth-order valence-electron chi connectivity index (χ4n) is 5.78. The summed E-state index contributed by atoms with van der Waals surface area (Å²) in [6, 6.07) is 21.1. The van der Waals surface area contributed by atoms with Crippen molar-refractivity contribution in [2.24, 2.45) is 17.4 Å². The lowest BCUT2D eigenvalue weighted by Gasteiger charge is -2.34. The van der Waals surface area contributed by atoms with Gasteiger partial charge in [-0.25, -0.2) is 0 Å². The van der Waals surface area contributed by atoms with E-state index in [4.69, 9.17) is 21.6 Å². The third-order valence-corrected chi connectivity index (χ3v) is 8.29. The van der Waals surface area contributed by atoms with Gasteiger partial charge >= 0.3 is 0 Å². The van der Waals surface area contributed by atoms with Gasteiger partial charge in [-0.2, -0.15) is 0 Å². The molecule has 1 aliphatic rings. The van der Waals surface area contributed by atoms with Gasteiger partial charge in [-0.1, -0.05) is 89.3 Å². The van der Waals surface area contributed by atoms with Gasteiger partial charge in [0, 0.05) is 19.1 Å². The number of carbonyl (C=O) groups excluding carboxylic acids is 3. The summed E-state index contributed by atoms with van der Waals surface area (Å²) in [6.07, 6.45) is 5.70. The summed E-state index contributed by atoms with van der Waals surface area (Å²) in [5.41, 5.74) is 13.8. The van der Waals surface area contributed by atoms with Crippen LogP contribution >= 0.6 is 0 Å². The molecule has 3 aromatic carbocycles. The minimum Gasteiger partial charge on any atom is -0.457 e. The van der Waals surface area contributed by atoms with Crippen LogP contribution in [0.5, 0.6) is 11.5 Å². The molecule has 1 fully saturated rings. The molecule has 0 radical (unpaired) electrons. The molecule has 4 rings (SSSR count). The lowest BCUT2D eigenvalue weighted by molar-refractivity contribution is -0.129. The molecule has 0 aromatic heterocycles. The Labute approximate surface area is 267 Å². The summed E-state index contributed by atoms with van der Waals surface area (Å²) >= 11 is 0. The number of carbonyl (C=O) groups is 3. The monoisotopic (exact) mass is 613 g/mol. The molecule has 0 aliphatic heterocycles. The maximum absolute atomic E-state index is 14.3. The molecule has 240 valence electrons. The van der Waals surface area contributed by atoms with Crippen molar-refractivity contribution >= 4 is 23.6 Å². The molecule has 3 amide bonds. The summed E-state index contributed by atoms with van der Waals surface area (Å²) in [5.74, 6) is -0.0764. The van der Waals surface area contributed by atoms with Crippen molar-refractivity contribution in [1.29, 1.82) is 5.41 Å². The largest absolute Gasteiger partial charge is 0.457 e. The molecule has 1 unspecified atom stereocenters. The van der Waals surface area contributed by atoms with E-state index in [1.807, 2.05) is 36.4 Å². The Bertz CT molecular complexity index is 1510. The standard InChI is InChI=1S/C36H45N5O4.H2/c1-36(2,3)28-15-17-29(18-16-28)45-30-14-7-11-25(19-30)23-41(35(44)27-13-8-12-26(21-27)33(38)39)31(34(43)40-22-32(37)42)20-24-9-5-4-6-10-24;/h7-8,11-19,21,24,31H,4-6,9-10,20,22-23H2,1-3H3,(H2,37,42)(H3,38,39)(H,40,43);1H. The van der Waals surface area contributed by atoms with E-state index in [0.717, 1.165) is 37.7 Å². The Morgan fingerprint density at radius 3 is 2.24 bits per heavy atom. The first-order chi connectivity index (χ1) is 21.4. The summed E-state index contributed by atoms with van der Waals surface area (Å²) < 4.78 is 6.18. The van der Waals surface area contributed by atoms with Gasteiger partial charge in [0.05, 0.1) is 6.54 Å². The molecule has 45 heavy (non-hydrogen) atoms. The number of nitrogens with zero attached hydrogens (tertiary/aromatic N) is 1. The first-order valence-corrected chi connectivity index (χ1v) is 15.6. The van der Waals surface area contributed by atoms with Crippen LogP contribution in [0.25, 0.3) is 0 Å². The molecule has 0 saturated heterocycles. The predicted molar refractivity (Wildman–Crippen MR) is 178 cm³/mol. The summed E-state index contributed by atoms with van der Waals surface area (Å²) in [7, 11) is 0. The first kappa shape index (κ1) is 33.2. The third-order valence-electron chi connectivity index (χ3n) is 8.29. The number of nitrogens with two attached hydrogens (primary N) is 2. The van der Waals surface area contributed by atoms with Crippen molar-refractivity contribution in [2.75, 3.05) is 6.54 Å². The van der Waals surface area contributed by atoms with Gasteiger partial charge in [-0.3, -0.25) is 19.8 Å². The van der Waals surface area contributed by atoms with Gasteiger partial charge in [0.15, 0.2) is 0 Å². The van der Waals surface area contributed by atoms with Crippen LogP contribution in [0.15, 0.2) is 72.8 Å². The molecule has 9 nitrogen and oxygen atoms in total. The molecule has 9 heteroatoms. The van der Waals surface area contributed by atoms with Crippen LogP contribution in [0.3, 0.4) is 0 Å². The zero-order chi connectivity index (χ0) is 32.6. The number of hydrogen-bond donors (Lipinski definition) is 4. The molecule has 0 spiro atoms. The zero-order valence-corrected chi connectivity index (χ0v) is 26.5. The van der Waals surface area contributed by atoms with Gasteiger partial charge < -0.3 is 26.4 Å². The average Bonchev–Trinajstić information content (AvgIpc) is 3.01. The number of primary amides is 1. The van der Waals surface area contributed by atoms with Gasteiger partial charge in [0.25, 0.3) is 5.91 Å². The van der Waals surface area contributed by atoms with Crippen LogP contribution in [0, 0.1) is 11.3 Å². The highest BCUT2D eigenvalue weighted by Crippen LogP contribution is 2.31. The van der Waals surface area contributed by atoms with Crippen LogP contribution in [0.1, 0.15) is 87.8 Å². The lowest BCUT2D eigenvalue weighted by atomic mass is 9.84. The predicted octanol–water partition coefficient (Wildman–Crippen LogP) is 5.89. The SMILES string of the molecule is CC(C)(C)c1ccc(Oc2cccc(CN(C(=O)c3cccc(C(=N)N)c3)C(CC3CCCCC3)C(=O)NCC(N)=O)c2)cc1.[HH]. The number of ether oxygens (including phenoxy) is 1. The minimum absolute atomic E-state index is 0. The van der Waals surface area contributed by atoms with E-state index in [2.05, 4.69) is 38.2 Å². The molecular weight excluding hydrogens is 566 g/mol. The zero-order valence-electron chi connectivity index (χ0n) is 26.5. The molecule has 1 atom stereocenters. The maximum Gasteiger partial charge on any atom is 0.254 e. The Hall–Kier alpha value is -4.66. The van der Waals surface area contributed by atoms with Crippen molar-refractivity contribution < 1.29 is 20.5 Å². The van der Waals surface area contributed by atoms with Gasteiger partial charge in [-0.05, 0) is 65.3 Å². The smallest absolute Gasteiger partial charge is 0.254 e. The van der Waals surface area contributed by atoms with Crippen molar-refractivity contribution in [2.45, 2.75) is 77.3 Å². The quantitative estimate of drug-likeness (QED) is 0.148. The Kier molecular flexibility index (Phi) is 11.0. The van der Waals surface area contributed by atoms with Crippen molar-refractivity contribution in [3.63, 3.8) is 0 Å². The van der Waals surface area contributed by atoms with Crippen molar-refractivity contribution in [3.8, 4) is 11.5 Å².